The Hall–Kier alpha value is -3.50. The minimum atomic E-state index is -1.16. The van der Waals surface area contributed by atoms with Crippen molar-refractivity contribution in [3.8, 4) is 5.75 Å². The third-order valence-electron chi connectivity index (χ3n) is 7.63. The third-order valence-corrected chi connectivity index (χ3v) is 9.28. The van der Waals surface area contributed by atoms with Crippen LogP contribution in [0.1, 0.15) is 56.4 Å². The van der Waals surface area contributed by atoms with Gasteiger partial charge in [-0.15, -0.1) is 0 Å². The van der Waals surface area contributed by atoms with Gasteiger partial charge >= 0.3 is 0 Å². The lowest BCUT2D eigenvalue weighted by atomic mass is 9.87. The Morgan fingerprint density at radius 1 is 1.13 bits per heavy atom. The second-order valence-electron chi connectivity index (χ2n) is 10.7. The Balaban J connectivity index is 1.42. The van der Waals surface area contributed by atoms with Crippen molar-refractivity contribution in [2.45, 2.75) is 69.8 Å². The topological polar surface area (TPSA) is 108 Å². The second-order valence-corrected chi connectivity index (χ2v) is 12.7. The molecule has 3 N–H and O–H groups in total. The lowest BCUT2D eigenvalue weighted by molar-refractivity contribution is 0.254. The van der Waals surface area contributed by atoms with Gasteiger partial charge in [-0.05, 0) is 88.0 Å². The maximum Gasteiger partial charge on any atom is 0.237 e. The zero-order valence-electron chi connectivity index (χ0n) is 23.0. The molecule has 0 amide bonds. The smallest absolute Gasteiger partial charge is 0.237 e. The van der Waals surface area contributed by atoms with Crippen LogP contribution in [0.4, 0.5) is 23.1 Å². The van der Waals surface area contributed by atoms with Gasteiger partial charge in [0.1, 0.15) is 11.6 Å². The van der Waals surface area contributed by atoms with E-state index in [1.807, 2.05) is 56.9 Å². The van der Waals surface area contributed by atoms with Crippen LogP contribution < -0.4 is 20.3 Å². The van der Waals surface area contributed by atoms with Gasteiger partial charge in [-0.25, -0.2) is 0 Å². The summed E-state index contributed by atoms with van der Waals surface area (Å²) in [4.78, 5) is 12.6. The number of hydrogen-bond donors (Lipinski definition) is 3. The molecule has 9 nitrogen and oxygen atoms in total. The molecular formula is C29H35N7O2S. The maximum absolute atomic E-state index is 13.1. The summed E-state index contributed by atoms with van der Waals surface area (Å²) < 4.78 is 19.4. The number of benzene rings is 2. The molecule has 39 heavy (non-hydrogen) atoms. The summed E-state index contributed by atoms with van der Waals surface area (Å²) in [5.41, 5.74) is 5.74. The van der Waals surface area contributed by atoms with Crippen molar-refractivity contribution in [1.29, 1.82) is 0 Å². The average molecular weight is 546 g/mol. The molecule has 1 saturated heterocycles. The van der Waals surface area contributed by atoms with Crippen LogP contribution in [0.2, 0.25) is 0 Å². The van der Waals surface area contributed by atoms with Crippen LogP contribution in [-0.2, 0) is 10.8 Å². The molecule has 2 aromatic heterocycles. The first-order valence-electron chi connectivity index (χ1n) is 13.6. The van der Waals surface area contributed by atoms with E-state index in [-0.39, 0.29) is 11.5 Å². The molecule has 4 aromatic rings. The number of aromatic nitrogens is 4. The number of hydrogen-bond acceptors (Lipinski definition) is 8. The first-order valence-corrected chi connectivity index (χ1v) is 14.8. The maximum atomic E-state index is 13.1. The average Bonchev–Trinajstić information content (AvgIpc) is 3.46. The molecule has 2 unspecified atom stereocenters. The van der Waals surface area contributed by atoms with Gasteiger partial charge in [0.25, 0.3) is 0 Å². The van der Waals surface area contributed by atoms with Gasteiger partial charge in [-0.1, -0.05) is 26.0 Å². The van der Waals surface area contributed by atoms with Crippen molar-refractivity contribution in [2.24, 2.45) is 0 Å². The number of aromatic amines is 1. The van der Waals surface area contributed by atoms with Crippen molar-refractivity contribution in [2.75, 3.05) is 23.3 Å². The van der Waals surface area contributed by atoms with Crippen LogP contribution in [0.25, 0.3) is 11.0 Å². The van der Waals surface area contributed by atoms with Gasteiger partial charge in [0, 0.05) is 10.9 Å². The highest BCUT2D eigenvalue weighted by Crippen LogP contribution is 2.45. The summed E-state index contributed by atoms with van der Waals surface area (Å²) in [5.74, 6) is 2.50. The van der Waals surface area contributed by atoms with Gasteiger partial charge in [-0.2, -0.15) is 15.1 Å². The molecule has 2 aliphatic heterocycles. The standard InChI is InChI=1S/C29H35N7O2S/c1-16(2)39(37)25-9-7-6-8-22(25)31-27-26-18(4)34-35-28(26)33-29(32-27)36-19(5)38-24-15-21(17(3)14-23(24)36)20-10-12-30-13-11-20/h6-9,14-16,19-20,30H,10-13H2,1-5H3,(H2,31,32,33,34,35). The van der Waals surface area contributed by atoms with Crippen molar-refractivity contribution in [3.63, 3.8) is 0 Å². The Morgan fingerprint density at radius 2 is 1.90 bits per heavy atom. The Labute approximate surface area is 231 Å². The first-order chi connectivity index (χ1) is 18.8. The minimum Gasteiger partial charge on any atom is -0.468 e. The number of piperidine rings is 1. The lowest BCUT2D eigenvalue weighted by Crippen LogP contribution is -2.29. The molecular weight excluding hydrogens is 510 g/mol. The largest absolute Gasteiger partial charge is 0.468 e. The molecule has 2 aromatic carbocycles. The van der Waals surface area contributed by atoms with Crippen LogP contribution >= 0.6 is 0 Å². The molecule has 0 aliphatic carbocycles. The fraction of sp³-hybridized carbons (Fsp3) is 0.414. The fourth-order valence-electron chi connectivity index (χ4n) is 5.63. The Kier molecular flexibility index (Phi) is 6.76. The molecule has 10 heteroatoms. The zero-order chi connectivity index (χ0) is 27.3. The highest BCUT2D eigenvalue weighted by atomic mass is 32.2. The molecule has 0 bridgehead atoms. The third kappa shape index (κ3) is 4.65. The second kappa shape index (κ2) is 10.2. The Morgan fingerprint density at radius 3 is 2.67 bits per heavy atom. The van der Waals surface area contributed by atoms with E-state index in [4.69, 9.17) is 14.7 Å². The summed E-state index contributed by atoms with van der Waals surface area (Å²) in [5, 5.41) is 15.2. The molecule has 0 spiro atoms. The van der Waals surface area contributed by atoms with Crippen LogP contribution in [0.5, 0.6) is 5.75 Å². The van der Waals surface area contributed by atoms with Gasteiger partial charge in [-0.3, -0.25) is 14.2 Å². The number of nitrogens with one attached hydrogen (secondary N) is 3. The predicted molar refractivity (Wildman–Crippen MR) is 156 cm³/mol. The summed E-state index contributed by atoms with van der Waals surface area (Å²) in [6.07, 6.45) is 1.98. The van der Waals surface area contributed by atoms with Crippen LogP contribution in [0.15, 0.2) is 41.3 Å². The Bertz CT molecular complexity index is 1560. The van der Waals surface area contributed by atoms with Gasteiger partial charge in [0.2, 0.25) is 5.95 Å². The first kappa shape index (κ1) is 25.8. The lowest BCUT2D eigenvalue weighted by Gasteiger charge is -2.25. The molecule has 1 fully saturated rings. The molecule has 4 heterocycles. The minimum absolute atomic E-state index is 0.0123. The number of aryl methyl sites for hydroxylation is 2. The number of H-pyrrole nitrogens is 1. The summed E-state index contributed by atoms with van der Waals surface area (Å²) in [6.45, 7) is 12.1. The van der Waals surface area contributed by atoms with Gasteiger partial charge in [0.15, 0.2) is 11.9 Å². The van der Waals surface area contributed by atoms with Crippen LogP contribution in [0.3, 0.4) is 0 Å². The van der Waals surface area contributed by atoms with E-state index >= 15 is 0 Å². The molecule has 0 saturated carbocycles. The van der Waals surface area contributed by atoms with Gasteiger partial charge in [0.05, 0.1) is 32.5 Å². The molecule has 6 rings (SSSR count). The van der Waals surface area contributed by atoms with E-state index in [9.17, 15) is 4.21 Å². The van der Waals surface area contributed by atoms with Crippen molar-refractivity contribution in [3.05, 3.63) is 53.2 Å². The quantitative estimate of drug-likeness (QED) is 0.289. The monoisotopic (exact) mass is 545 g/mol. The van der Waals surface area contributed by atoms with Gasteiger partial charge < -0.3 is 15.4 Å². The molecule has 204 valence electrons. The summed E-state index contributed by atoms with van der Waals surface area (Å²) in [6, 6.07) is 12.1. The zero-order valence-corrected chi connectivity index (χ0v) is 23.9. The van der Waals surface area contributed by atoms with E-state index in [0.717, 1.165) is 59.0 Å². The molecule has 0 radical (unpaired) electrons. The van der Waals surface area contributed by atoms with E-state index in [1.54, 1.807) is 0 Å². The fourth-order valence-corrected chi connectivity index (χ4v) is 6.68. The van der Waals surface area contributed by atoms with E-state index < -0.39 is 10.8 Å². The number of ether oxygens (including phenoxy) is 1. The van der Waals surface area contributed by atoms with Crippen molar-refractivity contribution >= 4 is 45.0 Å². The summed E-state index contributed by atoms with van der Waals surface area (Å²) >= 11 is 0. The SMILES string of the molecule is Cc1cc2c(cc1C1CCNCC1)OC(C)N2c1nc(Nc2ccccc2S(=O)C(C)C)c2c(C)[nH]nc2n1. The number of anilines is 4. The number of para-hydroxylation sites is 1. The highest BCUT2D eigenvalue weighted by Gasteiger charge is 2.34. The molecule has 2 aliphatic rings. The van der Waals surface area contributed by atoms with Crippen molar-refractivity contribution < 1.29 is 8.95 Å². The van der Waals surface area contributed by atoms with E-state index in [2.05, 4.69) is 39.9 Å². The normalized spacial score (nSPS) is 18.4. The summed E-state index contributed by atoms with van der Waals surface area (Å²) in [7, 11) is -1.16. The highest BCUT2D eigenvalue weighted by molar-refractivity contribution is 7.85. The van der Waals surface area contributed by atoms with E-state index in [1.165, 1.54) is 11.1 Å². The predicted octanol–water partition coefficient (Wildman–Crippen LogP) is 5.57. The molecule has 2 atom stereocenters. The van der Waals surface area contributed by atoms with Crippen molar-refractivity contribution in [1.82, 2.24) is 25.5 Å². The number of rotatable bonds is 6. The van der Waals surface area contributed by atoms with Crippen LogP contribution in [0, 0.1) is 13.8 Å². The number of fused-ring (bicyclic) bond motifs is 2. The number of nitrogens with zero attached hydrogens (tertiary/aromatic N) is 4. The van der Waals surface area contributed by atoms with Crippen LogP contribution in [-0.4, -0.2) is 48.9 Å². The van der Waals surface area contributed by atoms with E-state index in [0.29, 0.717) is 23.3 Å².